The van der Waals surface area contributed by atoms with E-state index in [1.807, 2.05) is 24.4 Å². The zero-order valence-electron chi connectivity index (χ0n) is 15.2. The van der Waals surface area contributed by atoms with Gasteiger partial charge in [0.15, 0.2) is 0 Å². The van der Waals surface area contributed by atoms with Crippen molar-refractivity contribution in [2.45, 2.75) is 19.3 Å². The summed E-state index contributed by atoms with van der Waals surface area (Å²) in [7, 11) is 3.64. The average Bonchev–Trinajstić information content (AvgIpc) is 2.65. The van der Waals surface area contributed by atoms with Gasteiger partial charge in [-0.1, -0.05) is 18.2 Å². The lowest BCUT2D eigenvalue weighted by Gasteiger charge is -2.33. The number of anilines is 2. The number of piperazine rings is 1. The van der Waals surface area contributed by atoms with Crippen LogP contribution in [0, 0.1) is 0 Å². The predicted octanol–water partition coefficient (Wildman–Crippen LogP) is 2.01. The molecular formula is C19H29N5O. The fraction of sp³-hybridized carbons (Fsp3) is 0.474. The maximum Gasteiger partial charge on any atom is 0.229 e. The van der Waals surface area contributed by atoms with Gasteiger partial charge < -0.3 is 20.9 Å². The first-order valence-electron chi connectivity index (χ1n) is 8.83. The summed E-state index contributed by atoms with van der Waals surface area (Å²) in [4.78, 5) is 21.1. The van der Waals surface area contributed by atoms with E-state index in [1.165, 1.54) is 7.05 Å². The number of amides is 1. The second-order valence-electron chi connectivity index (χ2n) is 6.18. The quantitative estimate of drug-likeness (QED) is 0.875. The van der Waals surface area contributed by atoms with Crippen molar-refractivity contribution in [1.82, 2.24) is 9.88 Å². The van der Waals surface area contributed by atoms with E-state index in [0.717, 1.165) is 50.3 Å². The maximum atomic E-state index is 12.1. The van der Waals surface area contributed by atoms with Crippen molar-refractivity contribution in [2.75, 3.05) is 50.5 Å². The number of carbonyl (C=O) groups is 1. The molecule has 136 valence electrons. The highest BCUT2D eigenvalue weighted by atomic mass is 16.1. The molecule has 0 atom stereocenters. The first-order valence-corrected chi connectivity index (χ1v) is 8.83. The summed E-state index contributed by atoms with van der Waals surface area (Å²) in [5.74, 6) is 0.607. The summed E-state index contributed by atoms with van der Waals surface area (Å²) >= 11 is 0. The smallest absolute Gasteiger partial charge is 0.229 e. The SMILES string of the molecule is CN.CN1CCN(c2ccc(NC(=O)CC3=CCCC=C3)nc2)CC1. The number of nitrogens with two attached hydrogens (primary N) is 1. The largest absolute Gasteiger partial charge is 0.368 e. The van der Waals surface area contributed by atoms with Crippen molar-refractivity contribution in [3.8, 4) is 0 Å². The van der Waals surface area contributed by atoms with Crippen molar-refractivity contribution in [3.05, 3.63) is 42.1 Å². The molecule has 6 nitrogen and oxygen atoms in total. The minimum Gasteiger partial charge on any atom is -0.368 e. The third-order valence-electron chi connectivity index (χ3n) is 4.32. The zero-order valence-corrected chi connectivity index (χ0v) is 15.2. The summed E-state index contributed by atoms with van der Waals surface area (Å²) in [6.45, 7) is 4.18. The minimum atomic E-state index is -0.0114. The van der Waals surface area contributed by atoms with Gasteiger partial charge in [-0.25, -0.2) is 4.98 Å². The van der Waals surface area contributed by atoms with E-state index in [2.05, 4.69) is 45.0 Å². The molecule has 3 N–H and O–H groups in total. The van der Waals surface area contributed by atoms with Crippen LogP contribution in [0.3, 0.4) is 0 Å². The molecule has 0 spiro atoms. The Morgan fingerprint density at radius 2 is 1.96 bits per heavy atom. The van der Waals surface area contributed by atoms with Crippen molar-refractivity contribution in [3.63, 3.8) is 0 Å². The summed E-state index contributed by atoms with van der Waals surface area (Å²) < 4.78 is 0. The number of aromatic nitrogens is 1. The van der Waals surface area contributed by atoms with Gasteiger partial charge in [0.2, 0.25) is 5.91 Å². The molecule has 2 heterocycles. The van der Waals surface area contributed by atoms with Crippen molar-refractivity contribution in [2.24, 2.45) is 5.73 Å². The number of hydrogen-bond acceptors (Lipinski definition) is 5. The number of allylic oxidation sites excluding steroid dienone is 3. The number of likely N-dealkylation sites (N-methyl/N-ethyl adjacent to an activating group) is 1. The second-order valence-corrected chi connectivity index (χ2v) is 6.18. The number of pyridine rings is 1. The molecule has 1 saturated heterocycles. The molecule has 0 bridgehead atoms. The Morgan fingerprint density at radius 3 is 2.56 bits per heavy atom. The van der Waals surface area contributed by atoms with E-state index >= 15 is 0 Å². The summed E-state index contributed by atoms with van der Waals surface area (Å²) in [5.41, 5.74) is 6.71. The highest BCUT2D eigenvalue weighted by Gasteiger charge is 2.14. The molecule has 0 saturated carbocycles. The molecule has 0 unspecified atom stereocenters. The van der Waals surface area contributed by atoms with Crippen LogP contribution in [0.2, 0.25) is 0 Å². The number of rotatable bonds is 4. The molecule has 1 aromatic heterocycles. The average molecular weight is 343 g/mol. The van der Waals surface area contributed by atoms with Gasteiger partial charge in [0.05, 0.1) is 18.3 Å². The number of hydrogen-bond donors (Lipinski definition) is 2. The molecule has 2 aliphatic rings. The van der Waals surface area contributed by atoms with Gasteiger partial charge in [0, 0.05) is 26.2 Å². The predicted molar refractivity (Wildman–Crippen MR) is 104 cm³/mol. The number of nitrogens with one attached hydrogen (secondary N) is 1. The molecule has 1 fully saturated rings. The van der Waals surface area contributed by atoms with Gasteiger partial charge in [0.25, 0.3) is 0 Å². The molecule has 1 aliphatic heterocycles. The van der Waals surface area contributed by atoms with Crippen LogP contribution >= 0.6 is 0 Å². The van der Waals surface area contributed by atoms with Crippen molar-refractivity contribution >= 4 is 17.4 Å². The van der Waals surface area contributed by atoms with Gasteiger partial charge in [-0.05, 0) is 44.6 Å². The lowest BCUT2D eigenvalue weighted by atomic mass is 10.0. The van der Waals surface area contributed by atoms with Crippen molar-refractivity contribution < 1.29 is 4.79 Å². The molecule has 6 heteroatoms. The van der Waals surface area contributed by atoms with Gasteiger partial charge in [0.1, 0.15) is 5.82 Å². The van der Waals surface area contributed by atoms with Crippen molar-refractivity contribution in [1.29, 1.82) is 0 Å². The fourth-order valence-corrected chi connectivity index (χ4v) is 2.88. The first kappa shape index (κ1) is 19.1. The van der Waals surface area contributed by atoms with E-state index in [9.17, 15) is 4.79 Å². The minimum absolute atomic E-state index is 0.0114. The summed E-state index contributed by atoms with van der Waals surface area (Å²) in [5, 5.41) is 2.87. The van der Waals surface area contributed by atoms with Crippen LogP contribution in [0.5, 0.6) is 0 Å². The van der Waals surface area contributed by atoms with Crippen LogP contribution in [0.15, 0.2) is 42.1 Å². The van der Waals surface area contributed by atoms with Crippen LogP contribution in [0.1, 0.15) is 19.3 Å². The maximum absolute atomic E-state index is 12.1. The first-order chi connectivity index (χ1) is 12.2. The Kier molecular flexibility index (Phi) is 7.63. The third kappa shape index (κ3) is 5.99. The van der Waals surface area contributed by atoms with E-state index in [-0.39, 0.29) is 5.91 Å². The molecule has 25 heavy (non-hydrogen) atoms. The van der Waals surface area contributed by atoms with Gasteiger partial charge in [-0.3, -0.25) is 4.79 Å². The van der Waals surface area contributed by atoms with E-state index in [1.54, 1.807) is 0 Å². The third-order valence-corrected chi connectivity index (χ3v) is 4.32. The van der Waals surface area contributed by atoms with Gasteiger partial charge >= 0.3 is 0 Å². The van der Waals surface area contributed by atoms with Gasteiger partial charge in [-0.15, -0.1) is 0 Å². The monoisotopic (exact) mass is 343 g/mol. The lowest BCUT2D eigenvalue weighted by Crippen LogP contribution is -2.44. The Bertz CT molecular complexity index is 601. The lowest BCUT2D eigenvalue weighted by molar-refractivity contribution is -0.115. The highest BCUT2D eigenvalue weighted by molar-refractivity contribution is 5.91. The van der Waals surface area contributed by atoms with Crippen LogP contribution in [0.4, 0.5) is 11.5 Å². The standard InChI is InChI=1S/C18H24N4O.CH5N/c1-21-9-11-22(12-10-21)16-7-8-17(19-14-16)20-18(23)13-15-5-3-2-4-6-15;1-2/h3,5-8,14H,2,4,9-13H2,1H3,(H,19,20,23);2H2,1H3. The number of nitrogens with zero attached hydrogens (tertiary/aromatic N) is 3. The van der Waals surface area contributed by atoms with E-state index in [4.69, 9.17) is 0 Å². The molecule has 1 aliphatic carbocycles. The fourth-order valence-electron chi connectivity index (χ4n) is 2.88. The van der Waals surface area contributed by atoms with Crippen LogP contribution in [-0.2, 0) is 4.79 Å². The summed E-state index contributed by atoms with van der Waals surface area (Å²) in [6.07, 6.45) is 10.6. The molecule has 1 amide bonds. The normalized spacial score (nSPS) is 17.4. The molecular weight excluding hydrogens is 314 g/mol. The van der Waals surface area contributed by atoms with Gasteiger partial charge in [-0.2, -0.15) is 0 Å². The molecule has 1 aromatic rings. The topological polar surface area (TPSA) is 74.5 Å². The summed E-state index contributed by atoms with van der Waals surface area (Å²) in [6, 6.07) is 3.92. The molecule has 0 aromatic carbocycles. The van der Waals surface area contributed by atoms with E-state index < -0.39 is 0 Å². The Labute approximate surface area is 150 Å². The molecule has 0 radical (unpaired) electrons. The number of carbonyl (C=O) groups excluding carboxylic acids is 1. The van der Waals surface area contributed by atoms with Crippen LogP contribution in [0.25, 0.3) is 0 Å². The Balaban J connectivity index is 0.00000109. The van der Waals surface area contributed by atoms with Crippen LogP contribution < -0.4 is 16.0 Å². The van der Waals surface area contributed by atoms with E-state index in [0.29, 0.717) is 12.2 Å². The highest BCUT2D eigenvalue weighted by Crippen LogP contribution is 2.18. The molecule has 3 rings (SSSR count). The second kappa shape index (κ2) is 9.96. The Morgan fingerprint density at radius 1 is 1.20 bits per heavy atom. The Hall–Kier alpha value is -2.18. The zero-order chi connectivity index (χ0) is 18.1. The van der Waals surface area contributed by atoms with Crippen LogP contribution in [-0.4, -0.2) is 56.1 Å².